The van der Waals surface area contributed by atoms with Crippen LogP contribution < -0.4 is 0 Å². The average molecular weight is 358 g/mol. The SMILES string of the molecule is OCC(O)CCC(F)(F)C(F)(F)C(F)(C(F)(F)F)C(F)(F)F. The molecule has 0 aliphatic heterocycles. The maximum Gasteiger partial charge on any atom is 0.438 e. The van der Waals surface area contributed by atoms with Crippen molar-refractivity contribution in [3.63, 3.8) is 0 Å². The molecular weight excluding hydrogens is 349 g/mol. The Morgan fingerprint density at radius 2 is 1.09 bits per heavy atom. The standard InChI is InChI=1S/C9H9F11O2/c10-5(11,2-1-4(22)3-21)7(13,14)6(12,8(15,16)17)9(18,19)20/h4,21-22H,1-3H2. The molecule has 0 heterocycles. The average Bonchev–Trinajstić information content (AvgIpc) is 2.31. The van der Waals surface area contributed by atoms with Crippen LogP contribution in [0.15, 0.2) is 0 Å². The van der Waals surface area contributed by atoms with Crippen molar-refractivity contribution in [2.24, 2.45) is 0 Å². The van der Waals surface area contributed by atoms with Gasteiger partial charge in [-0.3, -0.25) is 0 Å². The zero-order valence-electron chi connectivity index (χ0n) is 10.3. The molecular formula is C9H9F11O2. The van der Waals surface area contributed by atoms with Gasteiger partial charge in [0, 0.05) is 6.42 Å². The second-order valence-electron chi connectivity index (χ2n) is 4.31. The molecule has 0 aromatic heterocycles. The molecule has 0 aromatic rings. The monoisotopic (exact) mass is 358 g/mol. The van der Waals surface area contributed by atoms with E-state index in [2.05, 4.69) is 0 Å². The minimum absolute atomic E-state index is 1.26. The Labute approximate surface area is 115 Å². The van der Waals surface area contributed by atoms with E-state index in [1.54, 1.807) is 0 Å². The van der Waals surface area contributed by atoms with Crippen LogP contribution in [-0.2, 0) is 0 Å². The summed E-state index contributed by atoms with van der Waals surface area (Å²) in [5, 5.41) is 16.9. The van der Waals surface area contributed by atoms with Crippen molar-refractivity contribution in [2.45, 2.75) is 48.8 Å². The second kappa shape index (κ2) is 5.98. The number of aliphatic hydroxyl groups excluding tert-OH is 2. The van der Waals surface area contributed by atoms with Crippen LogP contribution in [0.5, 0.6) is 0 Å². The van der Waals surface area contributed by atoms with E-state index in [1.807, 2.05) is 0 Å². The van der Waals surface area contributed by atoms with Gasteiger partial charge in [-0.2, -0.15) is 43.9 Å². The highest BCUT2D eigenvalue weighted by Gasteiger charge is 2.89. The molecule has 0 aromatic carbocycles. The van der Waals surface area contributed by atoms with Gasteiger partial charge in [0.05, 0.1) is 12.7 Å². The Morgan fingerprint density at radius 3 is 1.36 bits per heavy atom. The molecule has 0 rings (SSSR count). The summed E-state index contributed by atoms with van der Waals surface area (Å²) in [4.78, 5) is 0. The Kier molecular flexibility index (Phi) is 5.75. The lowest BCUT2D eigenvalue weighted by Crippen LogP contribution is -2.70. The highest BCUT2D eigenvalue weighted by Crippen LogP contribution is 2.59. The molecule has 22 heavy (non-hydrogen) atoms. The third-order valence-corrected chi connectivity index (χ3v) is 2.68. The lowest BCUT2D eigenvalue weighted by molar-refractivity contribution is -0.427. The Morgan fingerprint density at radius 1 is 0.727 bits per heavy atom. The minimum Gasteiger partial charge on any atom is -0.394 e. The molecule has 0 aliphatic carbocycles. The first-order valence-electron chi connectivity index (χ1n) is 5.32. The Hall–Kier alpha value is -0.850. The largest absolute Gasteiger partial charge is 0.438 e. The molecule has 1 unspecified atom stereocenters. The third-order valence-electron chi connectivity index (χ3n) is 2.68. The van der Waals surface area contributed by atoms with E-state index in [-0.39, 0.29) is 0 Å². The predicted octanol–water partition coefficient (Wildman–Crippen LogP) is 3.22. The zero-order valence-corrected chi connectivity index (χ0v) is 10.3. The molecule has 0 saturated heterocycles. The summed E-state index contributed by atoms with van der Waals surface area (Å²) in [7, 11) is 0. The van der Waals surface area contributed by atoms with Gasteiger partial charge in [0.15, 0.2) is 0 Å². The van der Waals surface area contributed by atoms with Crippen molar-refractivity contribution >= 4 is 0 Å². The van der Waals surface area contributed by atoms with E-state index in [1.165, 1.54) is 0 Å². The van der Waals surface area contributed by atoms with Crippen LogP contribution in [0.1, 0.15) is 12.8 Å². The quantitative estimate of drug-likeness (QED) is 0.716. The van der Waals surface area contributed by atoms with E-state index >= 15 is 0 Å². The molecule has 2 nitrogen and oxygen atoms in total. The van der Waals surface area contributed by atoms with E-state index in [4.69, 9.17) is 10.2 Å². The first-order valence-corrected chi connectivity index (χ1v) is 5.32. The number of alkyl halides is 11. The third kappa shape index (κ3) is 3.39. The predicted molar refractivity (Wildman–Crippen MR) is 48.2 cm³/mol. The van der Waals surface area contributed by atoms with E-state index in [0.29, 0.717) is 0 Å². The summed E-state index contributed by atoms with van der Waals surface area (Å²) in [6.07, 6.45) is -20.7. The molecule has 2 N–H and O–H groups in total. The molecule has 134 valence electrons. The molecule has 0 amide bonds. The van der Waals surface area contributed by atoms with Gasteiger partial charge in [0.25, 0.3) is 0 Å². The van der Waals surface area contributed by atoms with Crippen LogP contribution in [-0.4, -0.2) is 52.8 Å². The first-order chi connectivity index (χ1) is 9.45. The molecule has 0 bridgehead atoms. The number of halogens is 11. The normalized spacial score (nSPS) is 16.8. The van der Waals surface area contributed by atoms with Gasteiger partial charge in [-0.15, -0.1) is 0 Å². The molecule has 0 fully saturated rings. The molecule has 0 saturated carbocycles. The topological polar surface area (TPSA) is 40.5 Å². The van der Waals surface area contributed by atoms with Gasteiger partial charge in [0.1, 0.15) is 0 Å². The maximum absolute atomic E-state index is 13.1. The zero-order chi connectivity index (χ0) is 18.2. The van der Waals surface area contributed by atoms with Gasteiger partial charge in [-0.1, -0.05) is 0 Å². The van der Waals surface area contributed by atoms with Gasteiger partial charge >= 0.3 is 29.9 Å². The molecule has 1 atom stereocenters. The summed E-state index contributed by atoms with van der Waals surface area (Å²) in [5.41, 5.74) is -7.49. The van der Waals surface area contributed by atoms with Crippen molar-refractivity contribution < 1.29 is 58.5 Å². The van der Waals surface area contributed by atoms with E-state index in [0.717, 1.165) is 0 Å². The first kappa shape index (κ1) is 21.1. The van der Waals surface area contributed by atoms with Crippen molar-refractivity contribution in [3.8, 4) is 0 Å². The molecule has 0 radical (unpaired) electrons. The highest BCUT2D eigenvalue weighted by molar-refractivity contribution is 5.10. The smallest absolute Gasteiger partial charge is 0.394 e. The second-order valence-corrected chi connectivity index (χ2v) is 4.31. The van der Waals surface area contributed by atoms with E-state index in [9.17, 15) is 48.3 Å². The van der Waals surface area contributed by atoms with Gasteiger partial charge < -0.3 is 10.2 Å². The lowest BCUT2D eigenvalue weighted by Gasteiger charge is -2.39. The fourth-order valence-corrected chi connectivity index (χ4v) is 1.36. The highest BCUT2D eigenvalue weighted by atomic mass is 19.4. The number of rotatable bonds is 6. The van der Waals surface area contributed by atoms with Crippen LogP contribution >= 0.6 is 0 Å². The van der Waals surface area contributed by atoms with Gasteiger partial charge in [-0.05, 0) is 6.42 Å². The van der Waals surface area contributed by atoms with Crippen LogP contribution in [0.3, 0.4) is 0 Å². The minimum atomic E-state index is -7.49. The fourth-order valence-electron chi connectivity index (χ4n) is 1.36. The molecule has 0 aliphatic rings. The van der Waals surface area contributed by atoms with Crippen LogP contribution in [0.25, 0.3) is 0 Å². The summed E-state index contributed by atoms with van der Waals surface area (Å²) >= 11 is 0. The van der Waals surface area contributed by atoms with Crippen molar-refractivity contribution in [1.82, 2.24) is 0 Å². The fraction of sp³-hybridized carbons (Fsp3) is 1.00. The van der Waals surface area contributed by atoms with Crippen molar-refractivity contribution in [2.75, 3.05) is 6.61 Å². The molecule has 0 spiro atoms. The summed E-state index contributed by atoms with van der Waals surface area (Å²) in [6.45, 7) is -1.26. The Bertz CT molecular complexity index is 359. The summed E-state index contributed by atoms with van der Waals surface area (Å²) < 4.78 is 138. The van der Waals surface area contributed by atoms with Crippen LogP contribution in [0.4, 0.5) is 48.3 Å². The van der Waals surface area contributed by atoms with Crippen molar-refractivity contribution in [3.05, 3.63) is 0 Å². The van der Waals surface area contributed by atoms with E-state index < -0.39 is 55.4 Å². The van der Waals surface area contributed by atoms with Gasteiger partial charge in [0.2, 0.25) is 0 Å². The maximum atomic E-state index is 13.1. The van der Waals surface area contributed by atoms with Crippen LogP contribution in [0.2, 0.25) is 0 Å². The number of hydrogen-bond donors (Lipinski definition) is 2. The van der Waals surface area contributed by atoms with Gasteiger partial charge in [-0.25, -0.2) is 4.39 Å². The van der Waals surface area contributed by atoms with Crippen LogP contribution in [0, 0.1) is 0 Å². The lowest BCUT2D eigenvalue weighted by atomic mass is 9.88. The summed E-state index contributed by atoms with van der Waals surface area (Å²) in [5.74, 6) is -13.3. The number of aliphatic hydroxyl groups is 2. The molecule has 13 heteroatoms. The Balaban J connectivity index is 5.82. The van der Waals surface area contributed by atoms with Crippen molar-refractivity contribution in [1.29, 1.82) is 0 Å². The number of hydrogen-bond acceptors (Lipinski definition) is 2. The summed E-state index contributed by atoms with van der Waals surface area (Å²) in [6, 6.07) is 0.